The van der Waals surface area contributed by atoms with Gasteiger partial charge in [0, 0.05) is 38.9 Å². The number of carbonyl (C=O) groups is 14. The summed E-state index contributed by atoms with van der Waals surface area (Å²) in [7, 11) is 0. The van der Waals surface area contributed by atoms with E-state index in [1.54, 1.807) is 27.7 Å². The fraction of sp³-hybridized carbons (Fsp3) is 0.750. The summed E-state index contributed by atoms with van der Waals surface area (Å²) in [6.45, 7) is 11.7. The van der Waals surface area contributed by atoms with Gasteiger partial charge in [0.05, 0.1) is 39.6 Å². The van der Waals surface area contributed by atoms with Crippen molar-refractivity contribution in [1.82, 2.24) is 0 Å². The van der Waals surface area contributed by atoms with E-state index in [9.17, 15) is 67.1 Å². The van der Waals surface area contributed by atoms with Crippen LogP contribution >= 0.6 is 0 Å². The van der Waals surface area contributed by atoms with Crippen molar-refractivity contribution in [3.05, 3.63) is 0 Å². The molecule has 0 saturated carbocycles. The molecule has 3 saturated heterocycles. The van der Waals surface area contributed by atoms with Crippen LogP contribution in [0.5, 0.6) is 0 Å². The Morgan fingerprint density at radius 1 is 0.466 bits per heavy atom. The predicted molar refractivity (Wildman–Crippen MR) is 297 cm³/mol. The van der Waals surface area contributed by atoms with Crippen LogP contribution in [0.4, 0.5) is 0 Å². The van der Waals surface area contributed by atoms with Gasteiger partial charge in [-0.2, -0.15) is 0 Å². The zero-order valence-electron chi connectivity index (χ0n) is 51.7. The number of carbonyl (C=O) groups excluding carboxylic acids is 14. The average Bonchev–Trinajstić information content (AvgIpc) is 3.87. The van der Waals surface area contributed by atoms with Gasteiger partial charge in [-0.05, 0) is 126 Å². The fourth-order valence-corrected chi connectivity index (χ4v) is 5.55. The Labute approximate surface area is 511 Å². The van der Waals surface area contributed by atoms with Crippen LogP contribution in [-0.2, 0) is 133 Å². The molecule has 0 aromatic heterocycles. The van der Waals surface area contributed by atoms with Crippen LogP contribution < -0.4 is 0 Å². The van der Waals surface area contributed by atoms with Crippen LogP contribution in [0.2, 0.25) is 0 Å². The standard InChI is InChI=1S/C18H28O11.C12H20O7.C8H16O3.C6H8O4.C6H10O2.C4H4O4.C2H6O/c1-4-25-14(20)8-6-5-7-9-26-15(21)10-27-16(22)11-28-18(24)13(3)29-17(23)12(2)19;1-2-17-10(14)6-4-3-5-7-18-12(16)9-19-11(15)8-13;1-2-11-8(10)6-4-3-5-7-9;1-3-5(7)10-4(2)6(8)9-3;7-6-4-2-1-3-5-8-6;5-3-1-7-4(6)2-8-3;1-2-3/h12-13,19H,4-11H2,1-3H3;13H,2-9H2,1H3;9H,2-7H2,1H3;3-4H,1-2H3;1-5H2;1-2H2;3H,2H2,1H3. The number of hydrogen-bond donors (Lipinski definition) is 4. The van der Waals surface area contributed by atoms with Crippen molar-refractivity contribution in [3.8, 4) is 0 Å². The van der Waals surface area contributed by atoms with Crippen LogP contribution in [0, 0.1) is 0 Å². The van der Waals surface area contributed by atoms with Crippen LogP contribution in [-0.4, -0.2) is 221 Å². The minimum atomic E-state index is -1.40. The van der Waals surface area contributed by atoms with Gasteiger partial charge in [-0.1, -0.05) is 6.42 Å². The molecule has 3 heterocycles. The van der Waals surface area contributed by atoms with E-state index in [2.05, 4.69) is 37.9 Å². The van der Waals surface area contributed by atoms with Crippen molar-refractivity contribution in [2.24, 2.45) is 0 Å². The van der Waals surface area contributed by atoms with E-state index in [4.69, 9.17) is 48.8 Å². The second kappa shape index (κ2) is 59.7. The highest BCUT2D eigenvalue weighted by molar-refractivity contribution is 5.87. The number of aliphatic hydroxyl groups is 4. The van der Waals surface area contributed by atoms with E-state index in [-0.39, 0.29) is 63.5 Å². The molecular weight excluding hydrogens is 1180 g/mol. The SMILES string of the molecule is CC1OC(=O)C(C)OC1=O.CCO.CCOC(=O)CCCCCO.CCOC(=O)CCCCCOC(=O)COC(=O)CO.CCOC(=O)CCCCCOC(=O)COC(=O)COC(=O)C(C)OC(=O)C(C)O.O=C1CCCCCO1.O=C1COC(=O)CO1. The van der Waals surface area contributed by atoms with E-state index in [1.807, 2.05) is 0 Å². The maximum absolute atomic E-state index is 11.5. The third kappa shape index (κ3) is 58.8. The van der Waals surface area contributed by atoms with Crippen LogP contribution in [0.1, 0.15) is 158 Å². The molecule has 0 spiro atoms. The number of hydrogen-bond acceptors (Lipinski definition) is 32. The zero-order chi connectivity index (χ0) is 67.5. The van der Waals surface area contributed by atoms with Crippen LogP contribution in [0.3, 0.4) is 0 Å². The third-order valence-electron chi connectivity index (χ3n) is 9.90. The molecule has 3 aliphatic rings. The molecule has 3 rings (SSSR count). The lowest BCUT2D eigenvalue weighted by atomic mass is 10.2. The van der Waals surface area contributed by atoms with Crippen molar-refractivity contribution in [1.29, 1.82) is 0 Å². The Morgan fingerprint density at radius 3 is 1.25 bits per heavy atom. The van der Waals surface area contributed by atoms with Crippen LogP contribution in [0.25, 0.3) is 0 Å². The van der Waals surface area contributed by atoms with Gasteiger partial charge >= 0.3 is 83.6 Å². The summed E-state index contributed by atoms with van der Waals surface area (Å²) in [6.07, 6.45) is 7.10. The molecule has 0 radical (unpaired) electrons. The van der Waals surface area contributed by atoms with Gasteiger partial charge in [0.1, 0.15) is 12.7 Å². The first-order chi connectivity index (χ1) is 41.8. The summed E-state index contributed by atoms with van der Waals surface area (Å²) in [5.41, 5.74) is 0. The fourth-order valence-electron chi connectivity index (χ4n) is 5.55. The molecule has 508 valence electrons. The van der Waals surface area contributed by atoms with Gasteiger partial charge in [-0.3, -0.25) is 19.2 Å². The first kappa shape index (κ1) is 86.9. The van der Waals surface area contributed by atoms with Gasteiger partial charge in [0.15, 0.2) is 51.3 Å². The Hall–Kier alpha value is -7.58. The maximum Gasteiger partial charge on any atom is 0.347 e. The molecule has 4 unspecified atom stereocenters. The van der Waals surface area contributed by atoms with Crippen molar-refractivity contribution in [2.45, 2.75) is 183 Å². The predicted octanol–water partition coefficient (Wildman–Crippen LogP) is 1.39. The number of unbranched alkanes of at least 4 members (excludes halogenated alkanes) is 6. The van der Waals surface area contributed by atoms with Crippen LogP contribution in [0.15, 0.2) is 0 Å². The quantitative estimate of drug-likeness (QED) is 0.0448. The zero-order valence-corrected chi connectivity index (χ0v) is 51.7. The van der Waals surface area contributed by atoms with Crippen molar-refractivity contribution >= 4 is 83.6 Å². The molecule has 0 amide bonds. The largest absolute Gasteiger partial charge is 0.466 e. The molecule has 32 heteroatoms. The van der Waals surface area contributed by atoms with Gasteiger partial charge in [-0.25, -0.2) is 47.9 Å². The van der Waals surface area contributed by atoms with Gasteiger partial charge in [0.2, 0.25) is 0 Å². The van der Waals surface area contributed by atoms with E-state index in [0.29, 0.717) is 84.2 Å². The molecule has 3 fully saturated rings. The first-order valence-corrected chi connectivity index (χ1v) is 28.6. The lowest BCUT2D eigenvalue weighted by Crippen LogP contribution is -2.40. The summed E-state index contributed by atoms with van der Waals surface area (Å²) in [5.74, 6) is -7.89. The minimum absolute atomic E-state index is 0.0255. The molecule has 88 heavy (non-hydrogen) atoms. The molecule has 4 atom stereocenters. The molecule has 4 N–H and O–H groups in total. The summed E-state index contributed by atoms with van der Waals surface area (Å²) >= 11 is 0. The van der Waals surface area contributed by atoms with Crippen molar-refractivity contribution < 1.29 is 154 Å². The second-order valence-electron chi connectivity index (χ2n) is 17.7. The maximum atomic E-state index is 11.5. The van der Waals surface area contributed by atoms with Crippen molar-refractivity contribution in [3.63, 3.8) is 0 Å². The average molecular weight is 1280 g/mol. The lowest BCUT2D eigenvalue weighted by molar-refractivity contribution is -0.191. The number of rotatable bonds is 30. The molecular formula is C56H92O32. The Kier molecular flexibility index (Phi) is 59.0. The summed E-state index contributed by atoms with van der Waals surface area (Å²) in [4.78, 5) is 152. The number of aliphatic hydroxyl groups excluding tert-OH is 4. The number of cyclic esters (lactones) is 5. The molecule has 3 aliphatic heterocycles. The summed E-state index contributed by atoms with van der Waals surface area (Å²) < 4.78 is 64.5. The molecule has 0 bridgehead atoms. The highest BCUT2D eigenvalue weighted by atomic mass is 16.7. The molecule has 32 nitrogen and oxygen atoms in total. The van der Waals surface area contributed by atoms with Crippen molar-refractivity contribution in [2.75, 3.05) is 92.5 Å². The Morgan fingerprint density at radius 2 is 0.864 bits per heavy atom. The third-order valence-corrected chi connectivity index (χ3v) is 9.90. The Balaban J connectivity index is -0.000000511. The first-order valence-electron chi connectivity index (χ1n) is 28.6. The number of esters is 14. The van der Waals surface area contributed by atoms with E-state index in [1.165, 1.54) is 27.7 Å². The topological polar surface area (TPSA) is 449 Å². The molecule has 0 aromatic rings. The number of ether oxygens (including phenoxy) is 14. The smallest absolute Gasteiger partial charge is 0.347 e. The van der Waals surface area contributed by atoms with E-state index >= 15 is 0 Å². The molecule has 0 aliphatic carbocycles. The summed E-state index contributed by atoms with van der Waals surface area (Å²) in [5, 5.41) is 33.3. The van der Waals surface area contributed by atoms with E-state index in [0.717, 1.165) is 44.9 Å². The van der Waals surface area contributed by atoms with Gasteiger partial charge in [0.25, 0.3) is 0 Å². The minimum Gasteiger partial charge on any atom is -0.466 e. The van der Waals surface area contributed by atoms with Gasteiger partial charge < -0.3 is 86.7 Å². The second-order valence-corrected chi connectivity index (χ2v) is 17.7. The van der Waals surface area contributed by atoms with E-state index < -0.39 is 111 Å². The highest BCUT2D eigenvalue weighted by Gasteiger charge is 2.32. The lowest BCUT2D eigenvalue weighted by Gasteiger charge is -2.22. The monoisotopic (exact) mass is 1280 g/mol. The highest BCUT2D eigenvalue weighted by Crippen LogP contribution is 2.10. The van der Waals surface area contributed by atoms with Gasteiger partial charge in [-0.15, -0.1) is 0 Å². The summed E-state index contributed by atoms with van der Waals surface area (Å²) in [6, 6.07) is 0. The normalized spacial score (nSPS) is 15.1. The molecule has 0 aromatic carbocycles. The Bertz CT molecular complexity index is 1960.